The van der Waals surface area contributed by atoms with E-state index in [1.54, 1.807) is 0 Å². The highest BCUT2D eigenvalue weighted by atomic mass is 35.6. The highest BCUT2D eigenvalue weighted by molar-refractivity contribution is 7.40. The molecule has 0 amide bonds. The van der Waals surface area contributed by atoms with E-state index in [1.807, 2.05) is 0 Å². The second-order valence-corrected chi connectivity index (χ2v) is 10.9. The van der Waals surface area contributed by atoms with Crippen molar-refractivity contribution in [3.63, 3.8) is 0 Å². The lowest BCUT2D eigenvalue weighted by atomic mass is 10.1. The summed E-state index contributed by atoms with van der Waals surface area (Å²) < 4.78 is 0. The Kier molecular flexibility index (Phi) is 5.23. The summed E-state index contributed by atoms with van der Waals surface area (Å²) in [6.45, 7) is 4.42. The molecule has 0 aromatic heterocycles. The van der Waals surface area contributed by atoms with Crippen LogP contribution in [0.2, 0.25) is 0 Å². The Labute approximate surface area is 150 Å². The zero-order valence-electron chi connectivity index (χ0n) is 14.3. The molecule has 122 valence electrons. The van der Waals surface area contributed by atoms with E-state index in [1.165, 1.54) is 26.7 Å². The Morgan fingerprint density at radius 2 is 1.04 bits per heavy atom. The summed E-state index contributed by atoms with van der Waals surface area (Å²) in [6.07, 6.45) is 2.07. The van der Waals surface area contributed by atoms with Gasteiger partial charge in [-0.15, -0.1) is 11.1 Å². The lowest BCUT2D eigenvalue weighted by Crippen LogP contribution is -2.63. The van der Waals surface area contributed by atoms with Crippen molar-refractivity contribution in [2.75, 3.05) is 0 Å². The van der Waals surface area contributed by atoms with Gasteiger partial charge in [0, 0.05) is 0 Å². The molecule has 0 nitrogen and oxygen atoms in total. The van der Waals surface area contributed by atoms with Gasteiger partial charge < -0.3 is 0 Å². The average Bonchev–Trinajstić information content (AvgIpc) is 2.68. The number of rotatable bonds is 5. The molecule has 0 unspecified atom stereocenters. The first-order chi connectivity index (χ1) is 11.7. The van der Waals surface area contributed by atoms with Crippen LogP contribution < -0.4 is 15.6 Å². The number of hydrogen-bond acceptors (Lipinski definition) is 0. The normalized spacial score (nSPS) is 11.5. The third-order valence-electron chi connectivity index (χ3n) is 4.61. The van der Waals surface area contributed by atoms with Crippen molar-refractivity contribution in [1.82, 2.24) is 0 Å². The number of halogens is 1. The van der Waals surface area contributed by atoms with Gasteiger partial charge in [-0.2, -0.15) is 0 Å². The monoisotopic (exact) mass is 350 g/mol. The minimum Gasteiger partial charge on any atom is -0.149 e. The summed E-state index contributed by atoms with van der Waals surface area (Å²) in [5.74, 6) is 0. The molecule has 0 radical (unpaired) electrons. The first-order valence-corrected chi connectivity index (χ1v) is 11.6. The average molecular weight is 351 g/mol. The quantitative estimate of drug-likeness (QED) is 0.370. The van der Waals surface area contributed by atoms with Gasteiger partial charge in [-0.25, -0.2) is 0 Å². The van der Waals surface area contributed by atoms with Crippen LogP contribution in [-0.2, 0) is 12.8 Å². The second kappa shape index (κ2) is 7.37. The summed E-state index contributed by atoms with van der Waals surface area (Å²) in [4.78, 5) is 0. The van der Waals surface area contributed by atoms with E-state index in [2.05, 4.69) is 92.7 Å². The fraction of sp³-hybridized carbons (Fsp3) is 0.182. The maximum Gasteiger partial charge on any atom is 0.247 e. The number of aryl methyl sites for hydroxylation is 2. The van der Waals surface area contributed by atoms with E-state index in [0.717, 1.165) is 12.8 Å². The minimum atomic E-state index is -2.50. The highest BCUT2D eigenvalue weighted by Crippen LogP contribution is 2.15. The van der Waals surface area contributed by atoms with Gasteiger partial charge in [0.1, 0.15) is 0 Å². The Hall–Kier alpha value is -1.83. The largest absolute Gasteiger partial charge is 0.247 e. The molecule has 0 bridgehead atoms. The number of benzene rings is 3. The van der Waals surface area contributed by atoms with Gasteiger partial charge in [-0.3, -0.25) is 0 Å². The molecule has 0 aliphatic carbocycles. The van der Waals surface area contributed by atoms with Crippen molar-refractivity contribution in [2.24, 2.45) is 0 Å². The molecule has 0 aliphatic heterocycles. The molecule has 0 saturated heterocycles. The van der Waals surface area contributed by atoms with Gasteiger partial charge in [0.15, 0.2) is 0 Å². The van der Waals surface area contributed by atoms with E-state index in [-0.39, 0.29) is 0 Å². The Balaban J connectivity index is 2.27. The molecule has 0 spiro atoms. The van der Waals surface area contributed by atoms with Crippen molar-refractivity contribution in [3.05, 3.63) is 90.0 Å². The summed E-state index contributed by atoms with van der Waals surface area (Å²) in [6, 6.07) is 28.1. The van der Waals surface area contributed by atoms with Crippen LogP contribution in [0, 0.1) is 0 Å². The molecule has 0 atom stereocenters. The van der Waals surface area contributed by atoms with Crippen LogP contribution >= 0.6 is 11.1 Å². The van der Waals surface area contributed by atoms with Crippen LogP contribution in [0.25, 0.3) is 0 Å². The molecule has 0 N–H and O–H groups in total. The molecular weight excluding hydrogens is 328 g/mol. The molecule has 3 aromatic rings. The van der Waals surface area contributed by atoms with Crippen molar-refractivity contribution < 1.29 is 0 Å². The lowest BCUT2D eigenvalue weighted by Gasteiger charge is -2.27. The van der Waals surface area contributed by atoms with Crippen molar-refractivity contribution >= 4 is 34.0 Å². The van der Waals surface area contributed by atoms with E-state index < -0.39 is 7.38 Å². The predicted octanol–water partition coefficient (Wildman–Crippen LogP) is 4.02. The summed E-state index contributed by atoms with van der Waals surface area (Å²) in [7, 11) is -2.50. The molecule has 0 fully saturated rings. The van der Waals surface area contributed by atoms with Gasteiger partial charge in [-0.1, -0.05) is 92.7 Å². The van der Waals surface area contributed by atoms with Crippen molar-refractivity contribution in [2.45, 2.75) is 26.7 Å². The summed E-state index contributed by atoms with van der Waals surface area (Å²) >= 11 is 7.51. The van der Waals surface area contributed by atoms with Crippen LogP contribution in [0.1, 0.15) is 25.0 Å². The highest BCUT2D eigenvalue weighted by Gasteiger charge is 2.38. The van der Waals surface area contributed by atoms with Gasteiger partial charge >= 0.3 is 0 Å². The Bertz CT molecular complexity index is 735. The van der Waals surface area contributed by atoms with Crippen molar-refractivity contribution in [3.8, 4) is 0 Å². The molecule has 0 aliphatic rings. The zero-order valence-corrected chi connectivity index (χ0v) is 16.1. The van der Waals surface area contributed by atoms with Gasteiger partial charge in [0.2, 0.25) is 7.38 Å². The topological polar surface area (TPSA) is 0 Å². The standard InChI is InChI=1S/C22H23ClSi/c1-3-18-15-19(4-2)17-22(16-18)24(23,20-11-7-5-8-12-20)21-13-9-6-10-14-21/h5-17H,3-4H2,1-2H3. The van der Waals surface area contributed by atoms with Gasteiger partial charge in [0.05, 0.1) is 0 Å². The fourth-order valence-corrected chi connectivity index (χ4v) is 7.36. The van der Waals surface area contributed by atoms with Crippen molar-refractivity contribution in [1.29, 1.82) is 0 Å². The Morgan fingerprint density at radius 3 is 1.42 bits per heavy atom. The van der Waals surface area contributed by atoms with Crippen LogP contribution in [0.5, 0.6) is 0 Å². The maximum atomic E-state index is 7.51. The van der Waals surface area contributed by atoms with Crippen LogP contribution in [0.4, 0.5) is 0 Å². The van der Waals surface area contributed by atoms with Crippen LogP contribution in [-0.4, -0.2) is 7.38 Å². The van der Waals surface area contributed by atoms with E-state index >= 15 is 0 Å². The van der Waals surface area contributed by atoms with E-state index in [0.29, 0.717) is 0 Å². The van der Waals surface area contributed by atoms with E-state index in [9.17, 15) is 0 Å². The van der Waals surface area contributed by atoms with Crippen LogP contribution in [0.3, 0.4) is 0 Å². The predicted molar refractivity (Wildman–Crippen MR) is 109 cm³/mol. The zero-order chi connectivity index (χ0) is 17.0. The maximum absolute atomic E-state index is 7.51. The number of hydrogen-bond donors (Lipinski definition) is 0. The van der Waals surface area contributed by atoms with Crippen LogP contribution in [0.15, 0.2) is 78.9 Å². The van der Waals surface area contributed by atoms with Gasteiger partial charge in [0.25, 0.3) is 0 Å². The lowest BCUT2D eigenvalue weighted by molar-refractivity contribution is 1.09. The fourth-order valence-electron chi connectivity index (χ4n) is 3.21. The summed E-state index contributed by atoms with van der Waals surface area (Å²) in [5.41, 5.74) is 2.74. The molecule has 2 heteroatoms. The molecular formula is C22H23ClSi. The SMILES string of the molecule is CCc1cc(CC)cc([Si](Cl)(c2ccccc2)c2ccccc2)c1. The molecule has 24 heavy (non-hydrogen) atoms. The smallest absolute Gasteiger partial charge is 0.149 e. The van der Waals surface area contributed by atoms with Gasteiger partial charge in [-0.05, 0) is 39.5 Å². The minimum absolute atomic E-state index is 1.03. The molecule has 0 heterocycles. The Morgan fingerprint density at radius 1 is 0.625 bits per heavy atom. The third-order valence-corrected chi connectivity index (χ3v) is 9.92. The first kappa shape index (κ1) is 17.0. The second-order valence-electron chi connectivity index (χ2n) is 6.14. The molecule has 0 saturated carbocycles. The molecule has 3 rings (SSSR count). The van der Waals surface area contributed by atoms with E-state index in [4.69, 9.17) is 11.1 Å². The first-order valence-electron chi connectivity index (χ1n) is 8.61. The summed E-state index contributed by atoms with van der Waals surface area (Å²) in [5, 5.41) is 3.78. The third kappa shape index (κ3) is 3.19. The molecule has 3 aromatic carbocycles.